The van der Waals surface area contributed by atoms with E-state index >= 15 is 0 Å². The highest BCUT2D eigenvalue weighted by atomic mass is 28.3. The average Bonchev–Trinajstić information content (AvgIpc) is 0.753. The van der Waals surface area contributed by atoms with Gasteiger partial charge in [0.15, 0.2) is 32.3 Å². The summed E-state index contributed by atoms with van der Waals surface area (Å²) in [6.45, 7) is 0. The molecule has 144 heavy (non-hydrogen) atoms. The molecule has 0 heterocycles. The van der Waals surface area contributed by atoms with Crippen molar-refractivity contribution in [1.82, 2.24) is 0 Å². The first-order valence-corrected chi connectivity index (χ1v) is 57.9. The van der Waals surface area contributed by atoms with Crippen LogP contribution < -0.4 is 92.8 Å². The molecule has 0 radical (unpaired) electrons. The lowest BCUT2D eigenvalue weighted by Crippen LogP contribution is -2.74. The van der Waals surface area contributed by atoms with Gasteiger partial charge in [0.25, 0.3) is 0 Å². The third kappa shape index (κ3) is 16.0. The summed E-state index contributed by atoms with van der Waals surface area (Å²) >= 11 is 0. The lowest BCUT2D eigenvalue weighted by molar-refractivity contribution is 1.29. The number of fused-ring (bicyclic) bond motifs is 5. The molecule has 0 saturated carbocycles. The molecule has 0 aromatic heterocycles. The van der Waals surface area contributed by atoms with E-state index in [0.29, 0.717) is 0 Å². The highest BCUT2D eigenvalue weighted by Gasteiger charge is 2.46. The Morgan fingerprint density at radius 1 is 0.0972 bits per heavy atom. The lowest BCUT2D eigenvalue weighted by atomic mass is 9.87. The topological polar surface area (TPSA) is 6.48 Å². The molecule has 680 valence electrons. The fraction of sp³-hybridized carbons (Fsp3) is 0. The Hall–Kier alpha value is -17.5. The molecule has 24 aromatic rings. The fourth-order valence-corrected chi connectivity index (χ4v) is 42.6. The van der Waals surface area contributed by atoms with Gasteiger partial charge in [0.05, 0.1) is 0 Å². The predicted octanol–water partition coefficient (Wildman–Crippen LogP) is 24.3. The largest absolute Gasteiger partial charge is 0.311 e. The van der Waals surface area contributed by atoms with Gasteiger partial charge in [-0.1, -0.05) is 534 Å². The summed E-state index contributed by atoms with van der Waals surface area (Å²) in [6, 6.07) is 233. The van der Waals surface area contributed by atoms with Gasteiger partial charge in [0.2, 0.25) is 0 Å². The van der Waals surface area contributed by atoms with Gasteiger partial charge in [-0.2, -0.15) is 0 Å². The zero-order chi connectivity index (χ0) is 96.1. The van der Waals surface area contributed by atoms with Crippen molar-refractivity contribution in [3.8, 4) is 44.5 Å². The van der Waals surface area contributed by atoms with Crippen molar-refractivity contribution in [3.63, 3.8) is 0 Å². The van der Waals surface area contributed by atoms with Crippen molar-refractivity contribution >= 4 is 182 Å². The lowest BCUT2D eigenvalue weighted by Gasteiger charge is -2.35. The van der Waals surface area contributed by atoms with Crippen LogP contribution in [0, 0.1) is 0 Å². The van der Waals surface area contributed by atoms with Crippen LogP contribution in [0.25, 0.3) is 76.8 Å². The van der Waals surface area contributed by atoms with E-state index in [-0.39, 0.29) is 0 Å². The molecule has 0 aliphatic heterocycles. The molecule has 2 nitrogen and oxygen atoms in total. The van der Waals surface area contributed by atoms with E-state index in [1.165, 1.54) is 138 Å². The van der Waals surface area contributed by atoms with E-state index in [2.05, 4.69) is 629 Å². The Kier molecular flexibility index (Phi) is 24.3. The minimum Gasteiger partial charge on any atom is -0.311 e. The van der Waals surface area contributed by atoms with Gasteiger partial charge in [-0.25, -0.2) is 0 Å². The molecule has 0 fully saturated rings. The Bertz CT molecular complexity index is 7710. The number of anilines is 6. The Labute approximate surface area is 848 Å². The third-order valence-electron chi connectivity index (χ3n) is 29.8. The van der Waals surface area contributed by atoms with E-state index in [1.54, 1.807) is 0 Å². The number of benzene rings is 24. The molecule has 0 aliphatic carbocycles. The molecular weight excluding hydrogens is 1800 g/mol. The average molecular weight is 1900 g/mol. The highest BCUT2D eigenvalue weighted by molar-refractivity contribution is 7.22. The molecule has 0 bridgehead atoms. The SMILES string of the molecule is c1ccc([Si](c2ccccc2)(c2ccccc2)c2cccc(-c3ccc(N(c4ccc(-c5cc6c7ccccc7c(-c7ccc(N(c8ccc(-c9cccc([Si](c%10ccccc%10)(c%10ccccc%10)c%10ccccc%10)c9)cc8)c8cccc([Si](c9ccccc9)(c9ccccc9)c9ccccc9)c8)cc7)cc6c6ccccc56)cc4)c4cccc([Si](c5ccccc5)(c5ccccc5)c5ccccc5)c4)cc3)c2)cc1. The summed E-state index contributed by atoms with van der Waals surface area (Å²) in [5.41, 5.74) is 15.6. The number of hydrogen-bond acceptors (Lipinski definition) is 2. The van der Waals surface area contributed by atoms with Gasteiger partial charge in [-0.3, -0.25) is 0 Å². The van der Waals surface area contributed by atoms with Crippen molar-refractivity contribution in [1.29, 1.82) is 0 Å². The molecule has 24 aromatic carbocycles. The zero-order valence-electron chi connectivity index (χ0n) is 79.8. The Morgan fingerprint density at radius 2 is 0.271 bits per heavy atom. The Balaban J connectivity index is 0.621. The van der Waals surface area contributed by atoms with Crippen LogP contribution in [-0.2, 0) is 0 Å². The van der Waals surface area contributed by atoms with Gasteiger partial charge in [-0.15, -0.1) is 0 Å². The summed E-state index contributed by atoms with van der Waals surface area (Å²) < 4.78 is 0. The monoisotopic (exact) mass is 1900 g/mol. The smallest absolute Gasteiger partial charge is 0.179 e. The van der Waals surface area contributed by atoms with Crippen molar-refractivity contribution in [3.05, 3.63) is 619 Å². The fourth-order valence-electron chi connectivity index (χ4n) is 23.4. The van der Waals surface area contributed by atoms with Crippen LogP contribution in [0.4, 0.5) is 34.1 Å². The molecule has 6 heteroatoms. The first kappa shape index (κ1) is 89.2. The number of hydrogen-bond donors (Lipinski definition) is 0. The second kappa shape index (κ2) is 39.3. The van der Waals surface area contributed by atoms with Crippen LogP contribution in [0.15, 0.2) is 619 Å². The summed E-state index contributed by atoms with van der Waals surface area (Å²) in [5, 5.41) is 28.5. The maximum Gasteiger partial charge on any atom is 0.179 e. The first-order valence-electron chi connectivity index (χ1n) is 49.9. The van der Waals surface area contributed by atoms with Gasteiger partial charge in [0.1, 0.15) is 0 Å². The second-order valence-corrected chi connectivity index (χ2v) is 52.8. The third-order valence-corrected chi connectivity index (χ3v) is 48.9. The molecule has 0 spiro atoms. The molecule has 0 N–H and O–H groups in total. The first-order chi connectivity index (χ1) is 71.4. The van der Waals surface area contributed by atoms with E-state index < -0.39 is 32.3 Å². The van der Waals surface area contributed by atoms with E-state index in [9.17, 15) is 0 Å². The minimum absolute atomic E-state index is 1.05. The zero-order valence-corrected chi connectivity index (χ0v) is 83.8. The number of rotatable bonds is 26. The maximum absolute atomic E-state index is 2.99. The van der Waals surface area contributed by atoms with Gasteiger partial charge in [-0.05, 0) is 245 Å². The van der Waals surface area contributed by atoms with Crippen molar-refractivity contribution in [2.24, 2.45) is 0 Å². The van der Waals surface area contributed by atoms with Crippen LogP contribution in [0.1, 0.15) is 0 Å². The molecule has 24 rings (SSSR count). The van der Waals surface area contributed by atoms with Gasteiger partial charge < -0.3 is 9.80 Å². The van der Waals surface area contributed by atoms with Crippen LogP contribution in [0.5, 0.6) is 0 Å². The van der Waals surface area contributed by atoms with Crippen LogP contribution in [0.2, 0.25) is 0 Å². The van der Waals surface area contributed by atoms with E-state index in [4.69, 9.17) is 0 Å². The standard InChI is InChI=1S/C138H102N2Si4/c1-13-49-115(50-14-1)141(116-51-15-2-16-52-116,117-53-17-3-18-54-117)127-73-41-45-107(97-127)103-81-89-109(90-82-103)139(113-47-43-75-129(99-113)143(121-61-25-7-26-62-121,122-63-27-8-28-64-122)123-65-29-9-30-66-123)111-93-85-105(86-94-111)135-101-137-134-80-40-38-78-132(134)136(102-138(137)133-79-39-37-77-131(133)135)106-87-95-112(96-88-106)140(114-48-44-76-130(100-114)144(124-67-31-10-32-68-124,125-69-33-11-34-70-125)126-71-35-12-36-72-126)110-91-83-104(84-92-110)108-46-42-74-128(98-108)142(118-55-19-4-20-56-118,119-57-21-5-22-58-119)120-59-23-6-24-60-120/h1-102H. The summed E-state index contributed by atoms with van der Waals surface area (Å²) in [5.74, 6) is 0. The molecule has 0 saturated heterocycles. The van der Waals surface area contributed by atoms with E-state index in [0.717, 1.165) is 56.4 Å². The van der Waals surface area contributed by atoms with Crippen molar-refractivity contribution in [2.75, 3.05) is 9.80 Å². The second-order valence-electron chi connectivity index (χ2n) is 37.5. The normalized spacial score (nSPS) is 11.8. The number of nitrogens with zero attached hydrogens (tertiary/aromatic N) is 2. The molecule has 0 aliphatic rings. The molecule has 0 atom stereocenters. The van der Waals surface area contributed by atoms with Crippen molar-refractivity contribution in [2.45, 2.75) is 0 Å². The molecular formula is C138H102N2Si4. The van der Waals surface area contributed by atoms with E-state index in [1.807, 2.05) is 0 Å². The minimum atomic E-state index is -2.99. The summed E-state index contributed by atoms with van der Waals surface area (Å²) in [6.07, 6.45) is 0. The Morgan fingerprint density at radius 3 is 0.486 bits per heavy atom. The summed E-state index contributed by atoms with van der Waals surface area (Å²) in [7, 11) is -11.7. The molecule has 0 amide bonds. The summed E-state index contributed by atoms with van der Waals surface area (Å²) in [4.78, 5) is 4.96. The van der Waals surface area contributed by atoms with Crippen LogP contribution in [-0.4, -0.2) is 32.3 Å². The van der Waals surface area contributed by atoms with Crippen LogP contribution in [0.3, 0.4) is 0 Å². The predicted molar refractivity (Wildman–Crippen MR) is 625 cm³/mol. The van der Waals surface area contributed by atoms with Crippen molar-refractivity contribution < 1.29 is 0 Å². The maximum atomic E-state index is 2.50. The molecule has 0 unspecified atom stereocenters. The quantitative estimate of drug-likeness (QED) is 0.0303. The highest BCUT2D eigenvalue weighted by Crippen LogP contribution is 2.46. The van der Waals surface area contributed by atoms with Crippen LogP contribution >= 0.6 is 0 Å². The van der Waals surface area contributed by atoms with Gasteiger partial charge >= 0.3 is 0 Å². The van der Waals surface area contributed by atoms with Gasteiger partial charge in [0, 0.05) is 34.1 Å².